The lowest BCUT2D eigenvalue weighted by molar-refractivity contribution is -0.139. The molecule has 7 heteroatoms. The molecule has 0 saturated heterocycles. The van der Waals surface area contributed by atoms with Gasteiger partial charge in [-0.25, -0.2) is 0 Å². The maximum absolute atomic E-state index is 13.4. The van der Waals surface area contributed by atoms with E-state index in [0.717, 1.165) is 41.7 Å². The fourth-order valence-electron chi connectivity index (χ4n) is 4.86. The van der Waals surface area contributed by atoms with Crippen molar-refractivity contribution in [3.05, 3.63) is 80.2 Å². The third kappa shape index (κ3) is 5.84. The summed E-state index contributed by atoms with van der Waals surface area (Å²) < 4.78 is 0. The van der Waals surface area contributed by atoms with Gasteiger partial charge in [0, 0.05) is 17.1 Å². The molecule has 0 radical (unpaired) electrons. The molecule has 0 aromatic heterocycles. The van der Waals surface area contributed by atoms with Gasteiger partial charge < -0.3 is 16.0 Å². The van der Waals surface area contributed by atoms with Crippen molar-refractivity contribution < 1.29 is 14.4 Å². The van der Waals surface area contributed by atoms with Crippen LogP contribution in [0.3, 0.4) is 0 Å². The first-order chi connectivity index (χ1) is 18.4. The molecule has 0 heterocycles. The Morgan fingerprint density at radius 2 is 1.87 bits per heavy atom. The molecular formula is C31H30ClN3O3. The molecular weight excluding hydrogens is 498 g/mol. The van der Waals surface area contributed by atoms with E-state index < -0.39 is 17.4 Å². The van der Waals surface area contributed by atoms with Gasteiger partial charge in [-0.1, -0.05) is 59.5 Å². The molecule has 3 amide bonds. The van der Waals surface area contributed by atoms with Gasteiger partial charge in [0.2, 0.25) is 0 Å². The molecule has 2 aromatic rings. The minimum atomic E-state index is -0.814. The van der Waals surface area contributed by atoms with Gasteiger partial charge in [0.15, 0.2) is 0 Å². The number of nitrogens with one attached hydrogen (secondary N) is 3. The fourth-order valence-corrected chi connectivity index (χ4v) is 5.16. The standard InChI is InChI=1S/C31H30ClN3O3/c1-2-14-33-29(37)30(38)34-19-22-7-3-4-8-26(22)28(36)35-31(12-13-31)24-17-23-16-21(15-20-10-11-20)6-5-9-25(23)27(32)18-24/h1,3-4,7-9,15-18,20H,5-6,10-14,19H2,(H,33,37)(H,34,38)(H,35,36)/b21-15-. The molecule has 0 bridgehead atoms. The number of fused-ring (bicyclic) bond motifs is 1. The number of allylic oxidation sites excluding steroid dienone is 2. The summed E-state index contributed by atoms with van der Waals surface area (Å²) in [6, 6.07) is 11.2. The van der Waals surface area contributed by atoms with Crippen LogP contribution in [0.15, 0.2) is 48.0 Å². The van der Waals surface area contributed by atoms with Crippen molar-refractivity contribution in [1.82, 2.24) is 16.0 Å². The lowest BCUT2D eigenvalue weighted by Gasteiger charge is -2.20. The zero-order valence-electron chi connectivity index (χ0n) is 21.1. The van der Waals surface area contributed by atoms with Gasteiger partial charge in [0.25, 0.3) is 5.91 Å². The molecule has 2 fully saturated rings. The van der Waals surface area contributed by atoms with Gasteiger partial charge in [-0.2, -0.15) is 0 Å². The second kappa shape index (κ2) is 10.9. The summed E-state index contributed by atoms with van der Waals surface area (Å²) in [6.45, 7) is -0.00157. The lowest BCUT2D eigenvalue weighted by atomic mass is 10.00. The molecule has 0 atom stereocenters. The zero-order chi connectivity index (χ0) is 26.7. The Hall–Kier alpha value is -3.82. The summed E-state index contributed by atoms with van der Waals surface area (Å²) in [5, 5.41) is 11.0. The summed E-state index contributed by atoms with van der Waals surface area (Å²) >= 11 is 6.76. The zero-order valence-corrected chi connectivity index (χ0v) is 21.9. The van der Waals surface area contributed by atoms with E-state index in [0.29, 0.717) is 22.1 Å². The van der Waals surface area contributed by atoms with Crippen molar-refractivity contribution in [2.45, 2.75) is 50.6 Å². The van der Waals surface area contributed by atoms with Crippen LogP contribution in [-0.4, -0.2) is 24.3 Å². The molecule has 0 spiro atoms. The van der Waals surface area contributed by atoms with Gasteiger partial charge in [-0.15, -0.1) is 6.42 Å². The molecule has 3 aliphatic rings. The van der Waals surface area contributed by atoms with Crippen molar-refractivity contribution >= 4 is 41.5 Å². The number of carbonyl (C=O) groups excluding carboxylic acids is 3. The second-order valence-corrected chi connectivity index (χ2v) is 10.6. The van der Waals surface area contributed by atoms with E-state index >= 15 is 0 Å². The van der Waals surface area contributed by atoms with Gasteiger partial charge in [-0.05, 0) is 84.2 Å². The van der Waals surface area contributed by atoms with E-state index in [9.17, 15) is 14.4 Å². The maximum Gasteiger partial charge on any atom is 0.310 e. The number of benzene rings is 2. The molecule has 2 aromatic carbocycles. The first-order valence-corrected chi connectivity index (χ1v) is 13.4. The number of halogens is 1. The molecule has 3 aliphatic carbocycles. The summed E-state index contributed by atoms with van der Waals surface area (Å²) in [4.78, 5) is 37.3. The number of hydrogen-bond donors (Lipinski definition) is 3. The Bertz CT molecular complexity index is 1490. The van der Waals surface area contributed by atoms with Crippen molar-refractivity contribution in [2.24, 2.45) is 5.92 Å². The largest absolute Gasteiger partial charge is 0.344 e. The molecule has 38 heavy (non-hydrogen) atoms. The van der Waals surface area contributed by atoms with Crippen LogP contribution in [-0.2, 0) is 21.7 Å². The molecule has 194 valence electrons. The first-order valence-electron chi connectivity index (χ1n) is 13.0. The monoisotopic (exact) mass is 527 g/mol. The van der Waals surface area contributed by atoms with Crippen molar-refractivity contribution in [1.29, 1.82) is 0 Å². The highest BCUT2D eigenvalue weighted by molar-refractivity contribution is 6.35. The third-order valence-electron chi connectivity index (χ3n) is 7.27. The lowest BCUT2D eigenvalue weighted by Crippen LogP contribution is -2.40. The number of hydrogen-bond acceptors (Lipinski definition) is 3. The Labute approximate surface area is 227 Å². The van der Waals surface area contributed by atoms with E-state index in [2.05, 4.69) is 46.2 Å². The summed E-state index contributed by atoms with van der Waals surface area (Å²) in [5.41, 5.74) is 2.92. The van der Waals surface area contributed by atoms with E-state index in [1.54, 1.807) is 24.3 Å². The molecule has 0 unspecified atom stereocenters. The highest BCUT2D eigenvalue weighted by atomic mass is 35.5. The van der Waals surface area contributed by atoms with Crippen LogP contribution in [0.25, 0.3) is 12.2 Å². The highest BCUT2D eigenvalue weighted by Gasteiger charge is 2.46. The summed E-state index contributed by atoms with van der Waals surface area (Å²) in [7, 11) is 0. The Morgan fingerprint density at radius 1 is 1.11 bits per heavy atom. The van der Waals surface area contributed by atoms with Gasteiger partial charge >= 0.3 is 11.8 Å². The minimum Gasteiger partial charge on any atom is -0.344 e. The average molecular weight is 528 g/mol. The van der Waals surface area contributed by atoms with E-state index in [1.807, 2.05) is 6.07 Å². The summed E-state index contributed by atoms with van der Waals surface area (Å²) in [5.74, 6) is 1.10. The molecule has 2 saturated carbocycles. The Balaban J connectivity index is 1.35. The van der Waals surface area contributed by atoms with Crippen LogP contribution in [0.4, 0.5) is 0 Å². The second-order valence-electron chi connectivity index (χ2n) is 10.2. The molecule has 3 N–H and O–H groups in total. The number of rotatable bonds is 7. The van der Waals surface area contributed by atoms with Crippen LogP contribution in [0.5, 0.6) is 0 Å². The van der Waals surface area contributed by atoms with Gasteiger partial charge in [-0.3, -0.25) is 14.4 Å². The van der Waals surface area contributed by atoms with Gasteiger partial charge in [0.1, 0.15) is 0 Å². The highest BCUT2D eigenvalue weighted by Crippen LogP contribution is 2.45. The number of terminal acetylenes is 1. The smallest absolute Gasteiger partial charge is 0.310 e. The predicted molar refractivity (Wildman–Crippen MR) is 148 cm³/mol. The third-order valence-corrected chi connectivity index (χ3v) is 7.58. The van der Waals surface area contributed by atoms with E-state index in [-0.39, 0.29) is 19.0 Å². The fraction of sp³-hybridized carbons (Fsp3) is 0.323. The van der Waals surface area contributed by atoms with Crippen LogP contribution in [0, 0.1) is 18.3 Å². The topological polar surface area (TPSA) is 87.3 Å². The van der Waals surface area contributed by atoms with Crippen LogP contribution in [0.2, 0.25) is 5.02 Å². The van der Waals surface area contributed by atoms with Crippen LogP contribution >= 0.6 is 11.6 Å². The quantitative estimate of drug-likeness (QED) is 0.382. The minimum absolute atomic E-state index is 0.0322. The molecule has 5 rings (SSSR count). The normalized spacial score (nSPS) is 18.1. The van der Waals surface area contributed by atoms with Crippen molar-refractivity contribution in [3.8, 4) is 12.3 Å². The van der Waals surface area contributed by atoms with Crippen LogP contribution < -0.4 is 26.4 Å². The number of amides is 3. The maximum atomic E-state index is 13.4. The van der Waals surface area contributed by atoms with Crippen molar-refractivity contribution in [2.75, 3.05) is 6.54 Å². The van der Waals surface area contributed by atoms with E-state index in [4.69, 9.17) is 18.0 Å². The molecule has 0 aliphatic heterocycles. The SMILES string of the molecule is C#CCNC(=O)C(=O)NCc1ccccc1C(=O)NC1(c2cc(Cl)c3c(c2)=C/C(=C\C2CC2)CCC=3)CC1. The van der Waals surface area contributed by atoms with Crippen molar-refractivity contribution in [3.63, 3.8) is 0 Å². The van der Waals surface area contributed by atoms with Crippen LogP contribution in [0.1, 0.15) is 60.0 Å². The Morgan fingerprint density at radius 3 is 2.61 bits per heavy atom. The molecule has 6 nitrogen and oxygen atoms in total. The van der Waals surface area contributed by atoms with Gasteiger partial charge in [0.05, 0.1) is 12.1 Å². The number of carbonyl (C=O) groups is 3. The average Bonchev–Trinajstić information content (AvgIpc) is 3.83. The predicted octanol–water partition coefficient (Wildman–Crippen LogP) is 2.82. The van der Waals surface area contributed by atoms with E-state index in [1.165, 1.54) is 18.4 Å². The Kier molecular flexibility index (Phi) is 7.40. The first kappa shape index (κ1) is 25.8. The summed E-state index contributed by atoms with van der Waals surface area (Å²) in [6.07, 6.45) is 18.1.